The number of aromatic nitrogens is 2. The third-order valence-electron chi connectivity index (χ3n) is 2.95. The Labute approximate surface area is 125 Å². The highest BCUT2D eigenvalue weighted by Crippen LogP contribution is 2.22. The molecule has 5 heteroatoms. The lowest BCUT2D eigenvalue weighted by Crippen LogP contribution is -2.24. The van der Waals surface area contributed by atoms with Crippen molar-refractivity contribution in [2.24, 2.45) is 0 Å². The van der Waals surface area contributed by atoms with Crippen LogP contribution in [0.25, 0.3) is 0 Å². The molecule has 0 aliphatic heterocycles. The minimum atomic E-state index is 0.544. The Kier molecular flexibility index (Phi) is 7.64. The SMILES string of the molecule is CCc1nn(CC)c(COCCCNC(C)C)c1Br. The molecule has 1 aromatic heterocycles. The Hall–Kier alpha value is -0.390. The first-order valence-electron chi connectivity index (χ1n) is 7.15. The van der Waals surface area contributed by atoms with Crippen LogP contribution in [0.1, 0.15) is 45.5 Å². The first-order chi connectivity index (χ1) is 9.10. The average Bonchev–Trinajstić information content (AvgIpc) is 2.69. The van der Waals surface area contributed by atoms with Gasteiger partial charge in [-0.25, -0.2) is 0 Å². The van der Waals surface area contributed by atoms with Gasteiger partial charge in [-0.15, -0.1) is 0 Å². The van der Waals surface area contributed by atoms with E-state index < -0.39 is 0 Å². The van der Waals surface area contributed by atoms with Crippen molar-refractivity contribution >= 4 is 15.9 Å². The van der Waals surface area contributed by atoms with Crippen molar-refractivity contribution in [2.45, 2.75) is 59.7 Å². The van der Waals surface area contributed by atoms with E-state index in [-0.39, 0.29) is 0 Å². The molecule has 0 saturated heterocycles. The van der Waals surface area contributed by atoms with E-state index in [9.17, 15) is 0 Å². The topological polar surface area (TPSA) is 39.1 Å². The van der Waals surface area contributed by atoms with Gasteiger partial charge in [0.15, 0.2) is 0 Å². The normalized spacial score (nSPS) is 11.5. The fourth-order valence-electron chi connectivity index (χ4n) is 1.89. The second kappa shape index (κ2) is 8.72. The summed E-state index contributed by atoms with van der Waals surface area (Å²) >= 11 is 3.63. The van der Waals surface area contributed by atoms with Crippen molar-refractivity contribution in [3.63, 3.8) is 0 Å². The Morgan fingerprint density at radius 1 is 1.37 bits per heavy atom. The molecule has 0 radical (unpaired) electrons. The molecule has 4 nitrogen and oxygen atoms in total. The molecule has 0 spiro atoms. The van der Waals surface area contributed by atoms with Crippen LogP contribution in [0.15, 0.2) is 4.47 Å². The van der Waals surface area contributed by atoms with E-state index in [4.69, 9.17) is 4.74 Å². The fourth-order valence-corrected chi connectivity index (χ4v) is 2.57. The van der Waals surface area contributed by atoms with Crippen molar-refractivity contribution in [3.05, 3.63) is 15.9 Å². The number of ether oxygens (including phenoxy) is 1. The van der Waals surface area contributed by atoms with Crippen LogP contribution < -0.4 is 5.32 Å². The molecule has 1 rings (SSSR count). The number of halogens is 1. The van der Waals surface area contributed by atoms with Gasteiger partial charge in [0.2, 0.25) is 0 Å². The quantitative estimate of drug-likeness (QED) is 0.706. The van der Waals surface area contributed by atoms with E-state index in [1.165, 1.54) is 0 Å². The third kappa shape index (κ3) is 5.24. The lowest BCUT2D eigenvalue weighted by atomic mass is 10.3. The van der Waals surface area contributed by atoms with Crippen LogP contribution in [-0.4, -0.2) is 29.0 Å². The van der Waals surface area contributed by atoms with Gasteiger partial charge < -0.3 is 10.1 Å². The molecule has 0 aliphatic carbocycles. The highest BCUT2D eigenvalue weighted by Gasteiger charge is 2.13. The fraction of sp³-hybridized carbons (Fsp3) is 0.786. The predicted octanol–water partition coefficient (Wildman–Crippen LogP) is 3.13. The van der Waals surface area contributed by atoms with Crippen LogP contribution in [0.3, 0.4) is 0 Å². The van der Waals surface area contributed by atoms with Gasteiger partial charge in [-0.05, 0) is 42.2 Å². The molecule has 110 valence electrons. The summed E-state index contributed by atoms with van der Waals surface area (Å²) in [6.45, 7) is 11.8. The van der Waals surface area contributed by atoms with E-state index in [0.717, 1.165) is 48.4 Å². The molecule has 0 unspecified atom stereocenters. The number of hydrogen-bond donors (Lipinski definition) is 1. The zero-order chi connectivity index (χ0) is 14.3. The van der Waals surface area contributed by atoms with Gasteiger partial charge in [-0.2, -0.15) is 5.10 Å². The van der Waals surface area contributed by atoms with E-state index in [1.54, 1.807) is 0 Å². The lowest BCUT2D eigenvalue weighted by molar-refractivity contribution is 0.112. The average molecular weight is 332 g/mol. The number of nitrogens with zero attached hydrogens (tertiary/aromatic N) is 2. The summed E-state index contributed by atoms with van der Waals surface area (Å²) in [6.07, 6.45) is 1.98. The monoisotopic (exact) mass is 331 g/mol. The van der Waals surface area contributed by atoms with Gasteiger partial charge in [-0.1, -0.05) is 20.8 Å². The van der Waals surface area contributed by atoms with Crippen LogP contribution in [0.5, 0.6) is 0 Å². The smallest absolute Gasteiger partial charge is 0.0896 e. The molecule has 0 amide bonds. The predicted molar refractivity (Wildman–Crippen MR) is 82.4 cm³/mol. The first-order valence-corrected chi connectivity index (χ1v) is 7.94. The zero-order valence-electron chi connectivity index (χ0n) is 12.5. The minimum absolute atomic E-state index is 0.544. The second-order valence-corrected chi connectivity index (χ2v) is 5.68. The maximum Gasteiger partial charge on any atom is 0.0896 e. The molecule has 1 aromatic rings. The lowest BCUT2D eigenvalue weighted by Gasteiger charge is -2.09. The molecule has 0 aromatic carbocycles. The minimum Gasteiger partial charge on any atom is -0.375 e. The van der Waals surface area contributed by atoms with Crippen molar-refractivity contribution in [2.75, 3.05) is 13.2 Å². The molecule has 0 fully saturated rings. The van der Waals surface area contributed by atoms with Crippen LogP contribution in [0, 0.1) is 0 Å². The largest absolute Gasteiger partial charge is 0.375 e. The molecular formula is C14H26BrN3O. The van der Waals surface area contributed by atoms with Gasteiger partial charge in [0.1, 0.15) is 0 Å². The van der Waals surface area contributed by atoms with Crippen molar-refractivity contribution < 1.29 is 4.74 Å². The molecule has 0 aliphatic rings. The molecule has 0 atom stereocenters. The second-order valence-electron chi connectivity index (χ2n) is 4.89. The van der Waals surface area contributed by atoms with E-state index in [0.29, 0.717) is 12.6 Å². The summed E-state index contributed by atoms with van der Waals surface area (Å²) in [5.41, 5.74) is 2.26. The van der Waals surface area contributed by atoms with Crippen molar-refractivity contribution in [3.8, 4) is 0 Å². The van der Waals surface area contributed by atoms with Crippen molar-refractivity contribution in [1.29, 1.82) is 0 Å². The van der Waals surface area contributed by atoms with Crippen LogP contribution in [-0.2, 0) is 24.3 Å². The van der Waals surface area contributed by atoms with Gasteiger partial charge in [0.25, 0.3) is 0 Å². The Bertz CT molecular complexity index is 377. The number of aryl methyl sites for hydroxylation is 2. The van der Waals surface area contributed by atoms with E-state index in [1.807, 2.05) is 4.68 Å². The maximum atomic E-state index is 5.75. The molecular weight excluding hydrogens is 306 g/mol. The standard InChI is InChI=1S/C14H26BrN3O/c1-5-12-14(15)13(18(6-2)17-12)10-19-9-7-8-16-11(3)4/h11,16H,5-10H2,1-4H3. The molecule has 19 heavy (non-hydrogen) atoms. The van der Waals surface area contributed by atoms with E-state index >= 15 is 0 Å². The van der Waals surface area contributed by atoms with Crippen molar-refractivity contribution in [1.82, 2.24) is 15.1 Å². The van der Waals surface area contributed by atoms with Crippen LogP contribution >= 0.6 is 15.9 Å². The summed E-state index contributed by atoms with van der Waals surface area (Å²) < 4.78 is 8.88. The van der Waals surface area contributed by atoms with Gasteiger partial charge in [0, 0.05) is 19.2 Å². The Morgan fingerprint density at radius 3 is 2.68 bits per heavy atom. The zero-order valence-corrected chi connectivity index (χ0v) is 14.1. The Balaban J connectivity index is 2.38. The summed E-state index contributed by atoms with van der Waals surface area (Å²) in [5, 5.41) is 7.95. The van der Waals surface area contributed by atoms with Crippen LogP contribution in [0.2, 0.25) is 0 Å². The van der Waals surface area contributed by atoms with Gasteiger partial charge >= 0.3 is 0 Å². The summed E-state index contributed by atoms with van der Waals surface area (Å²) in [6, 6.07) is 0.544. The Morgan fingerprint density at radius 2 is 2.11 bits per heavy atom. The van der Waals surface area contributed by atoms with Crippen LogP contribution in [0.4, 0.5) is 0 Å². The number of hydrogen-bond acceptors (Lipinski definition) is 3. The molecule has 0 saturated carbocycles. The first kappa shape index (κ1) is 16.7. The number of nitrogens with one attached hydrogen (secondary N) is 1. The summed E-state index contributed by atoms with van der Waals surface area (Å²) in [7, 11) is 0. The number of rotatable bonds is 9. The third-order valence-corrected chi connectivity index (χ3v) is 3.87. The molecule has 1 N–H and O–H groups in total. The van der Waals surface area contributed by atoms with Gasteiger partial charge in [-0.3, -0.25) is 4.68 Å². The van der Waals surface area contributed by atoms with E-state index in [2.05, 4.69) is 54.0 Å². The summed E-state index contributed by atoms with van der Waals surface area (Å²) in [4.78, 5) is 0. The molecule has 1 heterocycles. The summed E-state index contributed by atoms with van der Waals surface area (Å²) in [5.74, 6) is 0. The highest BCUT2D eigenvalue weighted by molar-refractivity contribution is 9.10. The molecule has 0 bridgehead atoms. The van der Waals surface area contributed by atoms with Gasteiger partial charge in [0.05, 0.1) is 22.5 Å². The maximum absolute atomic E-state index is 5.75. The highest BCUT2D eigenvalue weighted by atomic mass is 79.9.